The van der Waals surface area contributed by atoms with Gasteiger partial charge in [0.15, 0.2) is 5.60 Å². The quantitative estimate of drug-likeness (QED) is 0.0455. The molecule has 284 valence electrons. The van der Waals surface area contributed by atoms with Crippen LogP contribution in [-0.4, -0.2) is 70.8 Å². The molecule has 0 heterocycles. The molecule has 3 atom stereocenters. The summed E-state index contributed by atoms with van der Waals surface area (Å²) in [6.45, 7) is 8.74. The summed E-state index contributed by atoms with van der Waals surface area (Å²) >= 11 is 0. The van der Waals surface area contributed by atoms with Gasteiger partial charge >= 0.3 is 17.9 Å². The van der Waals surface area contributed by atoms with Crippen LogP contribution in [-0.2, 0) is 39.9 Å². The molecular weight excluding hydrogens is 654 g/mol. The van der Waals surface area contributed by atoms with E-state index < -0.39 is 53.4 Å². The summed E-state index contributed by atoms with van der Waals surface area (Å²) in [5.41, 5.74) is -3.25. The summed E-state index contributed by atoms with van der Waals surface area (Å²) in [6.07, 6.45) is 12.1. The summed E-state index contributed by atoms with van der Waals surface area (Å²) in [7, 11) is 1.16. The Balaban J connectivity index is 3.10. The number of esters is 2. The Labute approximate surface area is 303 Å². The first-order valence-electron chi connectivity index (χ1n) is 18.0. The van der Waals surface area contributed by atoms with Crippen LogP contribution in [0.4, 0.5) is 0 Å². The maximum Gasteiger partial charge on any atom is 0.340 e. The number of carbonyl (C=O) groups excluding carboxylic acids is 4. The number of carbonyl (C=O) groups is 5. The fourth-order valence-corrected chi connectivity index (χ4v) is 5.34. The number of Topliss-reactive ketones (excluding diaryl/α,β-unsaturated/α-hetero) is 1. The van der Waals surface area contributed by atoms with Crippen LogP contribution in [0.25, 0.3) is 0 Å². The number of carboxylic acids is 1. The van der Waals surface area contributed by atoms with Crippen LogP contribution in [0.15, 0.2) is 36.4 Å². The van der Waals surface area contributed by atoms with Gasteiger partial charge < -0.3 is 29.7 Å². The number of nitrogens with one attached hydrogen (secondary N) is 1. The van der Waals surface area contributed by atoms with Crippen molar-refractivity contribution in [1.29, 1.82) is 0 Å². The van der Waals surface area contributed by atoms with Crippen LogP contribution in [0.3, 0.4) is 0 Å². The number of rotatable bonds is 25. The number of hydrogen-bond acceptors (Lipinski definition) is 9. The number of ether oxygens (including phenoxy) is 3. The van der Waals surface area contributed by atoms with Crippen LogP contribution in [0.5, 0.6) is 5.75 Å². The lowest BCUT2D eigenvalue weighted by molar-refractivity contribution is -0.187. The van der Waals surface area contributed by atoms with Crippen LogP contribution in [0.2, 0.25) is 0 Å². The molecule has 0 spiro atoms. The third-order valence-corrected chi connectivity index (χ3v) is 8.09. The van der Waals surface area contributed by atoms with Gasteiger partial charge in [0.1, 0.15) is 29.8 Å². The molecule has 0 unspecified atom stereocenters. The van der Waals surface area contributed by atoms with Gasteiger partial charge in [0.05, 0.1) is 19.4 Å². The van der Waals surface area contributed by atoms with Crippen molar-refractivity contribution >= 4 is 29.6 Å². The van der Waals surface area contributed by atoms with Gasteiger partial charge in [0, 0.05) is 19.3 Å². The number of unbranched alkanes of at least 4 members (excludes halogenated alkanes) is 8. The van der Waals surface area contributed by atoms with Crippen molar-refractivity contribution < 1.29 is 48.4 Å². The molecule has 11 nitrogen and oxygen atoms in total. The average Bonchev–Trinajstić information content (AvgIpc) is 3.06. The standard InChI is InChI=1S/C40H59NO10/c1-7-9-11-14-17-20-31(42)21-18-15-12-13-16-19-22-33(40(48,29-35(43)44)38(47)51-39(3,4)5)36(45)41-34(37(46)49-6)28-30-23-25-32(26-24-30)50-27-10-8-2/h19,22-26,33-34,48H,7,9,11-18,20-21,27-29H2,1-6H3,(H,41,45)(H,43,44)/t33-,34+,40+/m1/s1. The first-order valence-corrected chi connectivity index (χ1v) is 18.0. The molecule has 0 aliphatic rings. The van der Waals surface area contributed by atoms with Gasteiger partial charge in [-0.25, -0.2) is 9.59 Å². The van der Waals surface area contributed by atoms with Gasteiger partial charge in [-0.15, -0.1) is 5.92 Å². The zero-order chi connectivity index (χ0) is 38.3. The maximum atomic E-state index is 13.9. The van der Waals surface area contributed by atoms with Crippen molar-refractivity contribution in [2.75, 3.05) is 13.7 Å². The molecule has 1 rings (SSSR count). The van der Waals surface area contributed by atoms with E-state index in [-0.39, 0.29) is 18.8 Å². The number of hydrogen-bond donors (Lipinski definition) is 3. The van der Waals surface area contributed by atoms with Crippen molar-refractivity contribution in [3.05, 3.63) is 42.0 Å². The first kappa shape index (κ1) is 44.9. The summed E-state index contributed by atoms with van der Waals surface area (Å²) in [5.74, 6) is 0.115. The van der Waals surface area contributed by atoms with Gasteiger partial charge in [0.25, 0.3) is 0 Å². The molecule has 0 aliphatic carbocycles. The van der Waals surface area contributed by atoms with E-state index in [4.69, 9.17) is 14.2 Å². The highest BCUT2D eigenvalue weighted by molar-refractivity contribution is 5.95. The SMILES string of the molecule is CC#CCOc1ccc(C[C@H](NC(=O)[C@@H](C=CCCCCCCC(=O)CCCCCCC)[C@@](O)(CC(=O)O)C(=O)OC(C)(C)C)C(=O)OC)cc1. The Morgan fingerprint density at radius 3 is 2.08 bits per heavy atom. The van der Waals surface area contributed by atoms with Crippen LogP contribution in [0.1, 0.15) is 124 Å². The maximum absolute atomic E-state index is 13.9. The Bertz CT molecular complexity index is 1340. The zero-order valence-corrected chi connectivity index (χ0v) is 31.4. The van der Waals surface area contributed by atoms with Crippen LogP contribution >= 0.6 is 0 Å². The Morgan fingerprint density at radius 1 is 0.922 bits per heavy atom. The predicted molar refractivity (Wildman–Crippen MR) is 195 cm³/mol. The molecule has 0 saturated heterocycles. The topological polar surface area (TPSA) is 166 Å². The number of ketones is 1. The lowest BCUT2D eigenvalue weighted by Crippen LogP contribution is -2.57. The smallest absolute Gasteiger partial charge is 0.340 e. The summed E-state index contributed by atoms with van der Waals surface area (Å²) in [6, 6.07) is 5.56. The minimum Gasteiger partial charge on any atom is -0.481 e. The molecule has 1 aromatic carbocycles. The van der Waals surface area contributed by atoms with E-state index in [1.165, 1.54) is 18.9 Å². The number of allylic oxidation sites excluding steroid dienone is 1. The van der Waals surface area contributed by atoms with E-state index in [1.54, 1.807) is 58.0 Å². The number of aliphatic hydroxyl groups is 1. The van der Waals surface area contributed by atoms with E-state index in [0.717, 1.165) is 45.6 Å². The molecule has 11 heteroatoms. The van der Waals surface area contributed by atoms with Crippen molar-refractivity contribution in [2.24, 2.45) is 5.92 Å². The van der Waals surface area contributed by atoms with E-state index in [9.17, 15) is 34.2 Å². The minimum atomic E-state index is -2.79. The van der Waals surface area contributed by atoms with Crippen molar-refractivity contribution in [1.82, 2.24) is 5.32 Å². The predicted octanol–water partition coefficient (Wildman–Crippen LogP) is 6.28. The zero-order valence-electron chi connectivity index (χ0n) is 31.4. The number of amides is 1. The molecule has 1 aromatic rings. The highest BCUT2D eigenvalue weighted by Gasteiger charge is 2.51. The Morgan fingerprint density at radius 2 is 1.53 bits per heavy atom. The molecule has 0 aliphatic heterocycles. The lowest BCUT2D eigenvalue weighted by Gasteiger charge is -2.34. The number of methoxy groups -OCH3 is 1. The van der Waals surface area contributed by atoms with Crippen molar-refractivity contribution in [3.8, 4) is 17.6 Å². The van der Waals surface area contributed by atoms with Gasteiger partial charge in [-0.3, -0.25) is 14.4 Å². The highest BCUT2D eigenvalue weighted by atomic mass is 16.6. The van der Waals surface area contributed by atoms with E-state index in [0.29, 0.717) is 37.0 Å². The van der Waals surface area contributed by atoms with E-state index >= 15 is 0 Å². The van der Waals surface area contributed by atoms with Crippen LogP contribution < -0.4 is 10.1 Å². The monoisotopic (exact) mass is 713 g/mol. The molecule has 1 amide bonds. The summed E-state index contributed by atoms with van der Waals surface area (Å²) in [5, 5.41) is 23.9. The molecule has 0 aromatic heterocycles. The molecule has 0 bridgehead atoms. The molecule has 51 heavy (non-hydrogen) atoms. The lowest BCUT2D eigenvalue weighted by atomic mass is 9.82. The summed E-state index contributed by atoms with van der Waals surface area (Å²) in [4.78, 5) is 64.1. The highest BCUT2D eigenvalue weighted by Crippen LogP contribution is 2.29. The van der Waals surface area contributed by atoms with E-state index in [2.05, 4.69) is 24.1 Å². The molecular formula is C40H59NO10. The minimum absolute atomic E-state index is 0.00491. The van der Waals surface area contributed by atoms with Crippen LogP contribution in [0, 0.1) is 17.8 Å². The Hall–Kier alpha value is -4.17. The molecule has 3 N–H and O–H groups in total. The fourth-order valence-electron chi connectivity index (χ4n) is 5.34. The first-order chi connectivity index (χ1) is 24.2. The normalized spacial score (nSPS) is 13.6. The fraction of sp³-hybridized carbons (Fsp3) is 0.625. The Kier molecular flexibility index (Phi) is 21.2. The second-order valence-corrected chi connectivity index (χ2v) is 13.7. The molecule has 0 saturated carbocycles. The van der Waals surface area contributed by atoms with Gasteiger partial charge in [0.2, 0.25) is 5.91 Å². The second-order valence-electron chi connectivity index (χ2n) is 13.7. The largest absolute Gasteiger partial charge is 0.481 e. The third kappa shape index (κ3) is 18.6. The summed E-state index contributed by atoms with van der Waals surface area (Å²) < 4.78 is 15.8. The van der Waals surface area contributed by atoms with Gasteiger partial charge in [-0.05, 0) is 71.1 Å². The van der Waals surface area contributed by atoms with Gasteiger partial charge in [-0.1, -0.05) is 75.7 Å². The van der Waals surface area contributed by atoms with Crippen molar-refractivity contribution in [2.45, 2.75) is 142 Å². The average molecular weight is 714 g/mol. The second kappa shape index (κ2) is 24.1. The third-order valence-electron chi connectivity index (χ3n) is 8.09. The van der Waals surface area contributed by atoms with E-state index in [1.807, 2.05) is 0 Å². The van der Waals surface area contributed by atoms with Gasteiger partial charge in [-0.2, -0.15) is 0 Å². The molecule has 0 fully saturated rings. The molecule has 0 radical (unpaired) electrons. The number of carboxylic acid groups (broad SMARTS) is 1. The number of benzene rings is 1. The van der Waals surface area contributed by atoms with Crippen molar-refractivity contribution in [3.63, 3.8) is 0 Å². The number of aliphatic carboxylic acids is 1.